The SMILES string of the molecule is CCCC1CCC(C2CCC(C(CCO)C3CCC(CCC)CC3)CC2)CC1. The molecule has 0 heterocycles. The van der Waals surface area contributed by atoms with Crippen molar-refractivity contribution in [3.05, 3.63) is 0 Å². The van der Waals surface area contributed by atoms with Gasteiger partial charge in [0.05, 0.1) is 0 Å². The van der Waals surface area contributed by atoms with E-state index in [0.717, 1.165) is 47.8 Å². The Balaban J connectivity index is 1.44. The van der Waals surface area contributed by atoms with E-state index in [2.05, 4.69) is 13.8 Å². The smallest absolute Gasteiger partial charge is 0.0433 e. The van der Waals surface area contributed by atoms with Crippen LogP contribution in [0.5, 0.6) is 0 Å². The topological polar surface area (TPSA) is 20.2 Å². The van der Waals surface area contributed by atoms with Crippen LogP contribution in [0.1, 0.15) is 123 Å². The van der Waals surface area contributed by atoms with Gasteiger partial charge in [0, 0.05) is 6.61 Å². The van der Waals surface area contributed by atoms with Gasteiger partial charge in [0.25, 0.3) is 0 Å². The molecule has 3 aliphatic carbocycles. The van der Waals surface area contributed by atoms with Gasteiger partial charge in [-0.2, -0.15) is 0 Å². The lowest BCUT2D eigenvalue weighted by molar-refractivity contribution is 0.0691. The van der Waals surface area contributed by atoms with E-state index in [1.165, 1.54) is 103 Å². The Bertz CT molecular complexity index is 394. The molecule has 3 aliphatic rings. The zero-order chi connectivity index (χ0) is 19.8. The lowest BCUT2D eigenvalue weighted by Gasteiger charge is -2.43. The number of hydrogen-bond donors (Lipinski definition) is 1. The Labute approximate surface area is 176 Å². The van der Waals surface area contributed by atoms with Crippen molar-refractivity contribution >= 4 is 0 Å². The van der Waals surface area contributed by atoms with E-state index in [0.29, 0.717) is 6.61 Å². The van der Waals surface area contributed by atoms with Gasteiger partial charge < -0.3 is 5.11 Å². The fourth-order valence-corrected chi connectivity index (χ4v) is 7.72. The number of rotatable bonds is 9. The lowest BCUT2D eigenvalue weighted by atomic mass is 9.63. The van der Waals surface area contributed by atoms with Gasteiger partial charge in [-0.1, -0.05) is 65.2 Å². The molecule has 1 N–H and O–H groups in total. The summed E-state index contributed by atoms with van der Waals surface area (Å²) in [6.07, 6.45) is 24.6. The third-order valence-electron chi connectivity index (χ3n) is 9.33. The van der Waals surface area contributed by atoms with E-state index in [4.69, 9.17) is 0 Å². The highest BCUT2D eigenvalue weighted by Crippen LogP contribution is 2.47. The molecule has 0 aromatic carbocycles. The average molecular weight is 391 g/mol. The van der Waals surface area contributed by atoms with E-state index >= 15 is 0 Å². The molecule has 0 aromatic rings. The van der Waals surface area contributed by atoms with Gasteiger partial charge in [0.15, 0.2) is 0 Å². The molecule has 28 heavy (non-hydrogen) atoms. The highest BCUT2D eigenvalue weighted by Gasteiger charge is 2.36. The number of aliphatic hydroxyl groups is 1. The molecular weight excluding hydrogens is 340 g/mol. The van der Waals surface area contributed by atoms with Crippen LogP contribution in [0.2, 0.25) is 0 Å². The van der Waals surface area contributed by atoms with E-state index in [9.17, 15) is 5.11 Å². The molecule has 3 rings (SSSR count). The zero-order valence-corrected chi connectivity index (χ0v) is 19.2. The minimum Gasteiger partial charge on any atom is -0.396 e. The summed E-state index contributed by atoms with van der Waals surface area (Å²) in [6, 6.07) is 0. The van der Waals surface area contributed by atoms with Crippen LogP contribution >= 0.6 is 0 Å². The zero-order valence-electron chi connectivity index (χ0n) is 19.2. The number of hydrogen-bond acceptors (Lipinski definition) is 1. The maximum Gasteiger partial charge on any atom is 0.0433 e. The van der Waals surface area contributed by atoms with Gasteiger partial charge in [0.1, 0.15) is 0 Å². The van der Waals surface area contributed by atoms with Crippen LogP contribution in [0.4, 0.5) is 0 Å². The summed E-state index contributed by atoms with van der Waals surface area (Å²) in [7, 11) is 0. The Morgan fingerprint density at radius 3 is 1.43 bits per heavy atom. The summed E-state index contributed by atoms with van der Waals surface area (Å²) in [5, 5.41) is 9.76. The van der Waals surface area contributed by atoms with Crippen molar-refractivity contribution in [3.63, 3.8) is 0 Å². The Morgan fingerprint density at radius 1 is 0.607 bits per heavy atom. The van der Waals surface area contributed by atoms with E-state index < -0.39 is 0 Å². The first-order chi connectivity index (χ1) is 13.7. The minimum absolute atomic E-state index is 0.418. The van der Waals surface area contributed by atoms with Crippen molar-refractivity contribution in [2.75, 3.05) is 6.61 Å². The number of aliphatic hydroxyl groups excluding tert-OH is 1. The second kappa shape index (κ2) is 12.0. The van der Waals surface area contributed by atoms with E-state index in [-0.39, 0.29) is 0 Å². The van der Waals surface area contributed by atoms with Crippen LogP contribution in [-0.2, 0) is 0 Å². The molecule has 1 atom stereocenters. The van der Waals surface area contributed by atoms with Crippen LogP contribution in [-0.4, -0.2) is 11.7 Å². The molecule has 164 valence electrons. The maximum atomic E-state index is 9.76. The van der Waals surface area contributed by atoms with Crippen LogP contribution in [0, 0.1) is 41.4 Å². The first-order valence-corrected chi connectivity index (χ1v) is 13.4. The van der Waals surface area contributed by atoms with Gasteiger partial charge in [-0.25, -0.2) is 0 Å². The van der Waals surface area contributed by atoms with Crippen molar-refractivity contribution in [2.24, 2.45) is 41.4 Å². The van der Waals surface area contributed by atoms with Crippen LogP contribution in [0.25, 0.3) is 0 Å². The van der Waals surface area contributed by atoms with Gasteiger partial charge in [0.2, 0.25) is 0 Å². The Kier molecular flexibility index (Phi) is 9.68. The summed E-state index contributed by atoms with van der Waals surface area (Å²) < 4.78 is 0. The van der Waals surface area contributed by atoms with Crippen molar-refractivity contribution in [2.45, 2.75) is 123 Å². The molecule has 0 aliphatic heterocycles. The Hall–Kier alpha value is -0.0400. The van der Waals surface area contributed by atoms with Crippen molar-refractivity contribution < 1.29 is 5.11 Å². The molecule has 1 nitrogen and oxygen atoms in total. The maximum absolute atomic E-state index is 9.76. The normalized spacial score (nSPS) is 38.2. The summed E-state index contributed by atoms with van der Waals surface area (Å²) >= 11 is 0. The van der Waals surface area contributed by atoms with Gasteiger partial charge in [-0.3, -0.25) is 0 Å². The van der Waals surface area contributed by atoms with Gasteiger partial charge >= 0.3 is 0 Å². The Morgan fingerprint density at radius 2 is 1.00 bits per heavy atom. The first-order valence-electron chi connectivity index (χ1n) is 13.4. The van der Waals surface area contributed by atoms with Crippen molar-refractivity contribution in [3.8, 4) is 0 Å². The second-order valence-electron chi connectivity index (χ2n) is 11.0. The predicted molar refractivity (Wildman–Crippen MR) is 121 cm³/mol. The van der Waals surface area contributed by atoms with Gasteiger partial charge in [-0.05, 0) is 99.2 Å². The third-order valence-corrected chi connectivity index (χ3v) is 9.33. The molecule has 3 saturated carbocycles. The summed E-state index contributed by atoms with van der Waals surface area (Å²) in [6.45, 7) is 5.11. The average Bonchev–Trinajstić information content (AvgIpc) is 2.74. The minimum atomic E-state index is 0.418. The standard InChI is InChI=1S/C27H50O/c1-3-5-21-7-11-23(12-8-21)24-15-17-26(18-16-24)27(19-20-28)25-13-9-22(6-4-2)10-14-25/h21-28H,3-20H2,1-2H3. The monoisotopic (exact) mass is 390 g/mol. The molecule has 0 amide bonds. The molecule has 1 heteroatoms. The summed E-state index contributed by atoms with van der Waals surface area (Å²) in [5.74, 6) is 6.82. The molecule has 0 bridgehead atoms. The summed E-state index contributed by atoms with van der Waals surface area (Å²) in [5.41, 5.74) is 0. The van der Waals surface area contributed by atoms with Crippen LogP contribution < -0.4 is 0 Å². The molecule has 0 aromatic heterocycles. The fraction of sp³-hybridized carbons (Fsp3) is 1.00. The summed E-state index contributed by atoms with van der Waals surface area (Å²) in [4.78, 5) is 0. The second-order valence-corrected chi connectivity index (χ2v) is 11.0. The molecule has 0 saturated heterocycles. The fourth-order valence-electron chi connectivity index (χ4n) is 7.72. The quantitative estimate of drug-likeness (QED) is 0.423. The highest BCUT2D eigenvalue weighted by atomic mass is 16.3. The van der Waals surface area contributed by atoms with Crippen LogP contribution in [0.3, 0.4) is 0 Å². The van der Waals surface area contributed by atoms with Gasteiger partial charge in [-0.15, -0.1) is 0 Å². The highest BCUT2D eigenvalue weighted by molar-refractivity contribution is 4.87. The van der Waals surface area contributed by atoms with Crippen molar-refractivity contribution in [1.29, 1.82) is 0 Å². The predicted octanol–water partition coefficient (Wildman–Crippen LogP) is 8.00. The molecule has 1 unspecified atom stereocenters. The van der Waals surface area contributed by atoms with E-state index in [1.54, 1.807) is 0 Å². The largest absolute Gasteiger partial charge is 0.396 e. The van der Waals surface area contributed by atoms with E-state index in [1.807, 2.05) is 0 Å². The molecule has 0 spiro atoms. The first kappa shape index (κ1) is 22.6. The molecule has 3 fully saturated rings. The lowest BCUT2D eigenvalue weighted by Crippen LogP contribution is -2.33. The van der Waals surface area contributed by atoms with Crippen molar-refractivity contribution in [1.82, 2.24) is 0 Å². The molecule has 0 radical (unpaired) electrons. The molecular formula is C27H50O. The third kappa shape index (κ3) is 6.23. The van der Waals surface area contributed by atoms with Crippen LogP contribution in [0.15, 0.2) is 0 Å².